The van der Waals surface area contributed by atoms with E-state index < -0.39 is 29.8 Å². The van der Waals surface area contributed by atoms with Crippen LogP contribution in [-0.2, 0) is 27.3 Å². The summed E-state index contributed by atoms with van der Waals surface area (Å²) in [6.07, 6.45) is 0.531. The molecule has 2 aromatic carbocycles. The fraction of sp³-hybridized carbons (Fsp3) is 0.387. The molecule has 1 heterocycles. The minimum atomic E-state index is -1.25. The van der Waals surface area contributed by atoms with Gasteiger partial charge in [0, 0.05) is 19.2 Å². The average Bonchev–Trinajstić information content (AvgIpc) is 3.39. The van der Waals surface area contributed by atoms with Gasteiger partial charge in [0.2, 0.25) is 17.7 Å². The van der Waals surface area contributed by atoms with Crippen LogP contribution in [0.1, 0.15) is 61.0 Å². The highest BCUT2D eigenvalue weighted by Gasteiger charge is 2.30. The fourth-order valence-corrected chi connectivity index (χ4v) is 3.94. The molecule has 0 radical (unpaired) electrons. The van der Waals surface area contributed by atoms with Crippen molar-refractivity contribution in [3.05, 3.63) is 89.3 Å². The first-order chi connectivity index (χ1) is 19.5. The zero-order chi connectivity index (χ0) is 29.8. The maximum absolute atomic E-state index is 13.5. The molecule has 10 nitrogen and oxygen atoms in total. The first-order valence-corrected chi connectivity index (χ1v) is 13.7. The van der Waals surface area contributed by atoms with E-state index in [0.717, 1.165) is 11.1 Å². The SMILES string of the molecule is Cc1cc(C(=O)N[C@@H](CC(=O)NCC(C)(C)C)C(=O)N[C@@H](CCc2ccccc2)C(=O)NCc2ccccc2)no1. The van der Waals surface area contributed by atoms with Crippen LogP contribution in [0.4, 0.5) is 0 Å². The summed E-state index contributed by atoms with van der Waals surface area (Å²) in [4.78, 5) is 52.4. The van der Waals surface area contributed by atoms with Gasteiger partial charge in [0.1, 0.15) is 17.8 Å². The van der Waals surface area contributed by atoms with Gasteiger partial charge in [0.25, 0.3) is 5.91 Å². The molecule has 3 aromatic rings. The molecule has 0 aliphatic carbocycles. The van der Waals surface area contributed by atoms with Gasteiger partial charge in [-0.05, 0) is 36.3 Å². The van der Waals surface area contributed by atoms with Crippen LogP contribution in [0.5, 0.6) is 0 Å². The quantitative estimate of drug-likeness (QED) is 0.253. The van der Waals surface area contributed by atoms with Crippen molar-refractivity contribution in [2.24, 2.45) is 5.41 Å². The van der Waals surface area contributed by atoms with E-state index in [9.17, 15) is 19.2 Å². The van der Waals surface area contributed by atoms with Crippen LogP contribution in [0.15, 0.2) is 71.3 Å². The number of nitrogens with one attached hydrogen (secondary N) is 4. The number of nitrogens with zero attached hydrogens (tertiary/aromatic N) is 1. The number of hydrogen-bond acceptors (Lipinski definition) is 6. The van der Waals surface area contributed by atoms with Crippen molar-refractivity contribution in [1.82, 2.24) is 26.4 Å². The molecule has 3 rings (SSSR count). The third kappa shape index (κ3) is 10.9. The van der Waals surface area contributed by atoms with Gasteiger partial charge in [0.15, 0.2) is 5.69 Å². The standard InChI is InChI=1S/C31H39N5O5/c1-21-17-26(36-41-21)30(40)35-25(18-27(37)33-20-31(2,3)4)29(39)34-24(16-15-22-11-7-5-8-12-22)28(38)32-19-23-13-9-6-10-14-23/h5-14,17,24-25H,15-16,18-20H2,1-4H3,(H,32,38)(H,33,37)(H,34,39)(H,35,40)/t24-,25-/m0/s1. The maximum Gasteiger partial charge on any atom is 0.274 e. The Morgan fingerprint density at radius 3 is 2.05 bits per heavy atom. The van der Waals surface area contributed by atoms with E-state index in [4.69, 9.17) is 4.52 Å². The molecular weight excluding hydrogens is 522 g/mol. The summed E-state index contributed by atoms with van der Waals surface area (Å²) in [5.41, 5.74) is 1.73. The largest absolute Gasteiger partial charge is 0.361 e. The molecule has 10 heteroatoms. The molecule has 41 heavy (non-hydrogen) atoms. The van der Waals surface area contributed by atoms with Crippen molar-refractivity contribution in [2.75, 3.05) is 6.54 Å². The normalized spacial score (nSPS) is 12.6. The molecule has 0 unspecified atom stereocenters. The second kappa shape index (κ2) is 14.8. The third-order valence-corrected chi connectivity index (χ3v) is 6.19. The molecule has 1 aromatic heterocycles. The van der Waals surface area contributed by atoms with Crippen LogP contribution in [-0.4, -0.2) is 47.4 Å². The van der Waals surface area contributed by atoms with Crippen LogP contribution in [0, 0.1) is 12.3 Å². The Bertz CT molecular complexity index is 1300. The lowest BCUT2D eigenvalue weighted by Gasteiger charge is -2.24. The summed E-state index contributed by atoms with van der Waals surface area (Å²) in [6, 6.07) is 18.3. The van der Waals surface area contributed by atoms with Crippen molar-refractivity contribution in [3.8, 4) is 0 Å². The average molecular weight is 562 g/mol. The van der Waals surface area contributed by atoms with Gasteiger partial charge >= 0.3 is 0 Å². The van der Waals surface area contributed by atoms with E-state index in [0.29, 0.717) is 25.1 Å². The zero-order valence-corrected chi connectivity index (χ0v) is 24.0. The Hall–Kier alpha value is -4.47. The molecule has 218 valence electrons. The van der Waals surface area contributed by atoms with E-state index in [-0.39, 0.29) is 30.0 Å². The second-order valence-corrected chi connectivity index (χ2v) is 11.2. The minimum absolute atomic E-state index is 0.0170. The van der Waals surface area contributed by atoms with Crippen molar-refractivity contribution < 1.29 is 23.7 Å². The molecule has 0 fully saturated rings. The van der Waals surface area contributed by atoms with Crippen molar-refractivity contribution in [1.29, 1.82) is 0 Å². The lowest BCUT2D eigenvalue weighted by molar-refractivity contribution is -0.131. The Labute approximate surface area is 240 Å². The fourth-order valence-electron chi connectivity index (χ4n) is 3.94. The van der Waals surface area contributed by atoms with Crippen LogP contribution >= 0.6 is 0 Å². The van der Waals surface area contributed by atoms with E-state index in [1.807, 2.05) is 81.4 Å². The van der Waals surface area contributed by atoms with Gasteiger partial charge in [-0.2, -0.15) is 0 Å². The summed E-state index contributed by atoms with van der Waals surface area (Å²) in [7, 11) is 0. The van der Waals surface area contributed by atoms with Crippen molar-refractivity contribution in [2.45, 2.75) is 65.6 Å². The first kappa shape index (κ1) is 31.1. The number of amides is 4. The molecule has 0 aliphatic heterocycles. The Kier molecular flexibility index (Phi) is 11.2. The first-order valence-electron chi connectivity index (χ1n) is 13.7. The van der Waals surface area contributed by atoms with Crippen LogP contribution in [0.3, 0.4) is 0 Å². The summed E-state index contributed by atoms with van der Waals surface area (Å²) in [5, 5.41) is 14.7. The van der Waals surface area contributed by atoms with Gasteiger partial charge in [-0.15, -0.1) is 0 Å². The van der Waals surface area contributed by atoms with E-state index in [1.54, 1.807) is 6.92 Å². The van der Waals surface area contributed by atoms with Gasteiger partial charge < -0.3 is 25.8 Å². The van der Waals surface area contributed by atoms with Crippen LogP contribution < -0.4 is 21.3 Å². The predicted octanol–water partition coefficient (Wildman–Crippen LogP) is 3.07. The second-order valence-electron chi connectivity index (χ2n) is 11.2. The molecular formula is C31H39N5O5. The Morgan fingerprint density at radius 1 is 0.829 bits per heavy atom. The molecule has 0 bridgehead atoms. The molecule has 2 atom stereocenters. The topological polar surface area (TPSA) is 142 Å². The number of carbonyl (C=O) groups excluding carboxylic acids is 4. The Balaban J connectivity index is 1.75. The third-order valence-electron chi connectivity index (χ3n) is 6.19. The van der Waals surface area contributed by atoms with Crippen LogP contribution in [0.25, 0.3) is 0 Å². The van der Waals surface area contributed by atoms with Crippen LogP contribution in [0.2, 0.25) is 0 Å². The summed E-state index contributed by atoms with van der Waals surface area (Å²) < 4.78 is 4.97. The molecule has 4 amide bonds. The summed E-state index contributed by atoms with van der Waals surface area (Å²) >= 11 is 0. The number of aromatic nitrogens is 1. The number of carbonyl (C=O) groups is 4. The molecule has 0 saturated carbocycles. The zero-order valence-electron chi connectivity index (χ0n) is 24.0. The van der Waals surface area contributed by atoms with Gasteiger partial charge in [-0.1, -0.05) is 86.6 Å². The van der Waals surface area contributed by atoms with Crippen molar-refractivity contribution in [3.63, 3.8) is 0 Å². The summed E-state index contributed by atoms with van der Waals surface area (Å²) in [5.74, 6) is -1.67. The molecule has 4 N–H and O–H groups in total. The maximum atomic E-state index is 13.5. The highest BCUT2D eigenvalue weighted by molar-refractivity contribution is 5.98. The molecule has 0 aliphatic rings. The minimum Gasteiger partial charge on any atom is -0.361 e. The lowest BCUT2D eigenvalue weighted by Crippen LogP contribution is -2.55. The lowest BCUT2D eigenvalue weighted by atomic mass is 9.97. The predicted molar refractivity (Wildman–Crippen MR) is 155 cm³/mol. The number of aryl methyl sites for hydroxylation is 2. The van der Waals surface area contributed by atoms with Gasteiger partial charge in [-0.3, -0.25) is 19.2 Å². The number of rotatable bonds is 13. The van der Waals surface area contributed by atoms with Crippen molar-refractivity contribution >= 4 is 23.6 Å². The Morgan fingerprint density at radius 2 is 1.46 bits per heavy atom. The molecule has 0 spiro atoms. The number of benzene rings is 2. The van der Waals surface area contributed by atoms with Gasteiger partial charge in [-0.25, -0.2) is 0 Å². The highest BCUT2D eigenvalue weighted by Crippen LogP contribution is 2.11. The molecule has 0 saturated heterocycles. The van der Waals surface area contributed by atoms with E-state index in [1.165, 1.54) is 6.07 Å². The van der Waals surface area contributed by atoms with E-state index >= 15 is 0 Å². The summed E-state index contributed by atoms with van der Waals surface area (Å²) in [6.45, 7) is 8.22. The smallest absolute Gasteiger partial charge is 0.274 e. The van der Waals surface area contributed by atoms with Gasteiger partial charge in [0.05, 0.1) is 6.42 Å². The number of hydrogen-bond donors (Lipinski definition) is 4. The van der Waals surface area contributed by atoms with E-state index in [2.05, 4.69) is 26.4 Å². The monoisotopic (exact) mass is 561 g/mol. The highest BCUT2D eigenvalue weighted by atomic mass is 16.5.